The van der Waals surface area contributed by atoms with Crippen LogP contribution in [0.2, 0.25) is 0 Å². The fourth-order valence-electron chi connectivity index (χ4n) is 4.32. The van der Waals surface area contributed by atoms with E-state index < -0.39 is 11.7 Å². The van der Waals surface area contributed by atoms with E-state index in [4.69, 9.17) is 0 Å². The number of halogens is 3. The van der Waals surface area contributed by atoms with Gasteiger partial charge in [0, 0.05) is 44.8 Å². The molecule has 0 aromatic heterocycles. The molecule has 0 saturated heterocycles. The second kappa shape index (κ2) is 12.1. The first-order valence-electron chi connectivity index (χ1n) is 11.9. The van der Waals surface area contributed by atoms with Gasteiger partial charge in [0.05, 0.1) is 12.1 Å². The van der Waals surface area contributed by atoms with Gasteiger partial charge in [-0.2, -0.15) is 13.2 Å². The molecule has 0 saturated carbocycles. The number of likely N-dealkylation sites (N-methyl/N-ethyl adjacent to an activating group) is 1. The Hall–Kier alpha value is -3.07. The van der Waals surface area contributed by atoms with Crippen LogP contribution in [0.5, 0.6) is 0 Å². The van der Waals surface area contributed by atoms with Crippen LogP contribution in [-0.2, 0) is 35.3 Å². The average Bonchev–Trinajstić information content (AvgIpc) is 2.84. The highest BCUT2D eigenvalue weighted by molar-refractivity contribution is 5.81. The predicted octanol–water partition coefficient (Wildman–Crippen LogP) is 4.05. The van der Waals surface area contributed by atoms with E-state index in [1.165, 1.54) is 17.0 Å². The number of benzene rings is 2. The van der Waals surface area contributed by atoms with Gasteiger partial charge < -0.3 is 20.4 Å². The van der Waals surface area contributed by atoms with Crippen LogP contribution in [-0.4, -0.2) is 54.8 Å². The summed E-state index contributed by atoms with van der Waals surface area (Å²) in [6.07, 6.45) is -2.46. The summed E-state index contributed by atoms with van der Waals surface area (Å²) in [6, 6.07) is 11.1. The number of anilines is 1. The van der Waals surface area contributed by atoms with Crippen molar-refractivity contribution in [2.45, 2.75) is 45.5 Å². The summed E-state index contributed by atoms with van der Waals surface area (Å²) in [7, 11) is 1.73. The number of fused-ring (bicyclic) bond motifs is 1. The van der Waals surface area contributed by atoms with Gasteiger partial charge in [0.25, 0.3) is 0 Å². The molecule has 0 aliphatic carbocycles. The molecule has 0 fully saturated rings. The van der Waals surface area contributed by atoms with Crippen LogP contribution in [0, 0.1) is 0 Å². The number of carbonyl (C=O) groups is 2. The van der Waals surface area contributed by atoms with Crippen LogP contribution in [0.15, 0.2) is 42.5 Å². The van der Waals surface area contributed by atoms with E-state index in [-0.39, 0.29) is 37.0 Å². The molecule has 0 atom stereocenters. The summed E-state index contributed by atoms with van der Waals surface area (Å²) in [5.41, 5.74) is 2.28. The number of hydrogen-bond donors (Lipinski definition) is 2. The van der Waals surface area contributed by atoms with Gasteiger partial charge in [0.1, 0.15) is 0 Å². The zero-order chi connectivity index (χ0) is 25.4. The monoisotopic (exact) mass is 490 g/mol. The van der Waals surface area contributed by atoms with Crippen molar-refractivity contribution in [1.29, 1.82) is 0 Å². The number of amides is 2. The van der Waals surface area contributed by atoms with Crippen molar-refractivity contribution in [2.24, 2.45) is 0 Å². The van der Waals surface area contributed by atoms with Crippen LogP contribution in [0.1, 0.15) is 42.0 Å². The maximum Gasteiger partial charge on any atom is 0.416 e. The topological polar surface area (TPSA) is 64.7 Å². The number of alkyl halides is 3. The van der Waals surface area contributed by atoms with Gasteiger partial charge in [0.15, 0.2) is 0 Å². The van der Waals surface area contributed by atoms with E-state index in [0.717, 1.165) is 29.3 Å². The van der Waals surface area contributed by atoms with Crippen molar-refractivity contribution in [3.05, 3.63) is 64.7 Å². The smallest absolute Gasteiger partial charge is 0.376 e. The van der Waals surface area contributed by atoms with E-state index in [1.54, 1.807) is 13.1 Å². The summed E-state index contributed by atoms with van der Waals surface area (Å²) >= 11 is 0. The normalized spacial score (nSPS) is 13.3. The number of rotatable bonds is 10. The fraction of sp³-hybridized carbons (Fsp3) is 0.462. The Bertz CT molecular complexity index is 1030. The van der Waals surface area contributed by atoms with Gasteiger partial charge in [-0.1, -0.05) is 37.3 Å². The molecular weight excluding hydrogens is 457 g/mol. The third kappa shape index (κ3) is 6.97. The van der Waals surface area contributed by atoms with Crippen LogP contribution >= 0.6 is 0 Å². The molecule has 1 aliphatic rings. The molecule has 0 bridgehead atoms. The number of carbonyl (C=O) groups excluding carboxylic acids is 2. The van der Waals surface area contributed by atoms with Crippen molar-refractivity contribution in [2.75, 3.05) is 38.5 Å². The van der Waals surface area contributed by atoms with Crippen molar-refractivity contribution < 1.29 is 22.8 Å². The molecule has 0 spiro atoms. The quantitative estimate of drug-likeness (QED) is 0.528. The van der Waals surface area contributed by atoms with Gasteiger partial charge in [-0.05, 0) is 48.7 Å². The molecule has 1 heterocycles. The Morgan fingerprint density at radius 3 is 2.60 bits per heavy atom. The highest BCUT2D eigenvalue weighted by Crippen LogP contribution is 2.32. The third-order valence-electron chi connectivity index (χ3n) is 6.18. The molecule has 190 valence electrons. The van der Waals surface area contributed by atoms with Gasteiger partial charge >= 0.3 is 6.18 Å². The molecule has 35 heavy (non-hydrogen) atoms. The van der Waals surface area contributed by atoms with Gasteiger partial charge in [-0.3, -0.25) is 9.59 Å². The standard InChI is InChI=1S/C26H33F3N4O2/c1-3-7-24(34)32-14-12-21-19(17-32)9-6-11-23(21)31-16-25(35)33(15-13-30-2)18-20-8-4-5-10-22(20)26(27,28)29/h4-6,8-11,30-31H,3,7,12-18H2,1-2H3. The Morgan fingerprint density at radius 2 is 1.89 bits per heavy atom. The molecular formula is C26H33F3N4O2. The second-order valence-corrected chi connectivity index (χ2v) is 8.69. The molecule has 0 radical (unpaired) electrons. The highest BCUT2D eigenvalue weighted by atomic mass is 19.4. The molecule has 2 N–H and O–H groups in total. The van der Waals surface area contributed by atoms with Crippen LogP contribution in [0.25, 0.3) is 0 Å². The lowest BCUT2D eigenvalue weighted by Gasteiger charge is -2.30. The van der Waals surface area contributed by atoms with Gasteiger partial charge in [-0.25, -0.2) is 0 Å². The van der Waals surface area contributed by atoms with Crippen LogP contribution in [0.4, 0.5) is 18.9 Å². The second-order valence-electron chi connectivity index (χ2n) is 8.69. The zero-order valence-electron chi connectivity index (χ0n) is 20.3. The predicted molar refractivity (Wildman–Crippen MR) is 130 cm³/mol. The maximum absolute atomic E-state index is 13.4. The summed E-state index contributed by atoms with van der Waals surface area (Å²) in [4.78, 5) is 28.7. The van der Waals surface area contributed by atoms with E-state index >= 15 is 0 Å². The lowest BCUT2D eigenvalue weighted by atomic mass is 9.97. The largest absolute Gasteiger partial charge is 0.416 e. The minimum absolute atomic E-state index is 0.0349. The maximum atomic E-state index is 13.4. The lowest BCUT2D eigenvalue weighted by Crippen LogP contribution is -2.40. The molecule has 2 aromatic carbocycles. The minimum atomic E-state index is -4.48. The van der Waals surface area contributed by atoms with E-state index in [0.29, 0.717) is 32.5 Å². The van der Waals surface area contributed by atoms with Crippen molar-refractivity contribution in [1.82, 2.24) is 15.1 Å². The molecule has 0 unspecified atom stereocenters. The minimum Gasteiger partial charge on any atom is -0.376 e. The Balaban J connectivity index is 1.70. The Labute approximate surface area is 204 Å². The number of nitrogens with zero attached hydrogens (tertiary/aromatic N) is 2. The summed E-state index contributed by atoms with van der Waals surface area (Å²) in [5, 5.41) is 6.14. The van der Waals surface area contributed by atoms with Crippen molar-refractivity contribution >= 4 is 17.5 Å². The van der Waals surface area contributed by atoms with E-state index in [2.05, 4.69) is 10.6 Å². The molecule has 1 aliphatic heterocycles. The molecule has 2 amide bonds. The molecule has 9 heteroatoms. The molecule has 6 nitrogen and oxygen atoms in total. The average molecular weight is 491 g/mol. The summed E-state index contributed by atoms with van der Waals surface area (Å²) < 4.78 is 40.3. The van der Waals surface area contributed by atoms with Crippen LogP contribution < -0.4 is 10.6 Å². The SMILES string of the molecule is CCCC(=O)N1CCc2c(cccc2NCC(=O)N(CCNC)Cc2ccccc2C(F)(F)F)C1. The van der Waals surface area contributed by atoms with Gasteiger partial charge in [-0.15, -0.1) is 0 Å². The zero-order valence-corrected chi connectivity index (χ0v) is 20.3. The Kier molecular flexibility index (Phi) is 9.14. The van der Waals surface area contributed by atoms with Crippen molar-refractivity contribution in [3.63, 3.8) is 0 Å². The van der Waals surface area contributed by atoms with E-state index in [1.807, 2.05) is 30.0 Å². The number of nitrogens with one attached hydrogen (secondary N) is 2. The molecule has 3 rings (SSSR count). The van der Waals surface area contributed by atoms with Crippen molar-refractivity contribution in [3.8, 4) is 0 Å². The summed E-state index contributed by atoms with van der Waals surface area (Å²) in [6.45, 7) is 3.73. The number of hydrogen-bond acceptors (Lipinski definition) is 4. The molecule has 2 aromatic rings. The highest BCUT2D eigenvalue weighted by Gasteiger charge is 2.33. The Morgan fingerprint density at radius 1 is 1.11 bits per heavy atom. The first kappa shape index (κ1) is 26.5. The lowest BCUT2D eigenvalue weighted by molar-refractivity contribution is -0.139. The fourth-order valence-corrected chi connectivity index (χ4v) is 4.32. The van der Waals surface area contributed by atoms with E-state index in [9.17, 15) is 22.8 Å². The summed E-state index contributed by atoms with van der Waals surface area (Å²) in [5.74, 6) is -0.142. The van der Waals surface area contributed by atoms with Gasteiger partial charge in [0.2, 0.25) is 11.8 Å². The first-order chi connectivity index (χ1) is 16.7. The van der Waals surface area contributed by atoms with Crippen LogP contribution in [0.3, 0.4) is 0 Å². The third-order valence-corrected chi connectivity index (χ3v) is 6.18. The first-order valence-corrected chi connectivity index (χ1v) is 11.9.